The van der Waals surface area contributed by atoms with Crippen molar-refractivity contribution in [3.63, 3.8) is 0 Å². The summed E-state index contributed by atoms with van der Waals surface area (Å²) in [7, 11) is 0. The lowest BCUT2D eigenvalue weighted by molar-refractivity contribution is 0.264. The molecule has 1 heterocycles. The van der Waals surface area contributed by atoms with Gasteiger partial charge in [-0.05, 0) is 35.5 Å². The molecular formula is C16H29N3O4S2. The van der Waals surface area contributed by atoms with Gasteiger partial charge >= 0.3 is 17.1 Å². The van der Waals surface area contributed by atoms with E-state index in [4.69, 9.17) is 5.11 Å². The molecule has 1 aromatic rings. The van der Waals surface area contributed by atoms with Gasteiger partial charge in [-0.3, -0.25) is 0 Å². The maximum Gasteiger partial charge on any atom is 0.336 e. The van der Waals surface area contributed by atoms with Crippen LogP contribution in [0.3, 0.4) is 0 Å². The minimum atomic E-state index is -0.663. The lowest BCUT2D eigenvalue weighted by Gasteiger charge is -2.17. The van der Waals surface area contributed by atoms with Crippen LogP contribution in [-0.4, -0.2) is 42.7 Å². The van der Waals surface area contributed by atoms with E-state index in [1.165, 1.54) is 0 Å². The Labute approximate surface area is 157 Å². The molecule has 0 unspecified atom stereocenters. The third-order valence-electron chi connectivity index (χ3n) is 3.45. The zero-order valence-electron chi connectivity index (χ0n) is 15.2. The van der Waals surface area contributed by atoms with Crippen molar-refractivity contribution in [2.24, 2.45) is 5.41 Å². The number of rotatable bonds is 10. The van der Waals surface area contributed by atoms with Crippen LogP contribution >= 0.6 is 24.4 Å². The largest absolute Gasteiger partial charge is 0.395 e. The molecule has 0 aliphatic carbocycles. The monoisotopic (exact) mass is 391 g/mol. The van der Waals surface area contributed by atoms with Crippen molar-refractivity contribution in [2.75, 3.05) is 23.9 Å². The zero-order chi connectivity index (χ0) is 19.0. The topological polar surface area (TPSA) is 86.2 Å². The smallest absolute Gasteiger partial charge is 0.336 e. The van der Waals surface area contributed by atoms with E-state index in [9.17, 15) is 14.4 Å². The Balaban J connectivity index is 3.01. The van der Waals surface area contributed by atoms with Gasteiger partial charge in [0.05, 0.1) is 13.2 Å². The molecule has 0 spiro atoms. The van der Waals surface area contributed by atoms with E-state index in [0.717, 1.165) is 25.2 Å². The normalized spacial score (nSPS) is 11.9. The Morgan fingerprint density at radius 3 is 1.84 bits per heavy atom. The van der Waals surface area contributed by atoms with Gasteiger partial charge in [-0.1, -0.05) is 20.8 Å². The minimum Gasteiger partial charge on any atom is -0.395 e. The minimum absolute atomic E-state index is 0.113. The molecule has 7 nitrogen and oxygen atoms in total. The molecule has 0 aromatic carbocycles. The zero-order valence-corrected chi connectivity index (χ0v) is 16.9. The molecule has 9 heteroatoms. The average Bonchev–Trinajstić information content (AvgIpc) is 2.53. The number of thiol groups is 1. The Kier molecular flexibility index (Phi) is 9.09. The number of hydrogen-bond acceptors (Lipinski definition) is 6. The van der Waals surface area contributed by atoms with Crippen molar-refractivity contribution in [3.8, 4) is 0 Å². The lowest BCUT2D eigenvalue weighted by Crippen LogP contribution is -2.55. The van der Waals surface area contributed by atoms with Crippen LogP contribution in [0.25, 0.3) is 0 Å². The first-order chi connectivity index (χ1) is 11.7. The molecule has 0 bridgehead atoms. The molecule has 144 valence electrons. The fraction of sp³-hybridized carbons (Fsp3) is 0.812. The fourth-order valence-electron chi connectivity index (χ4n) is 2.29. The number of aliphatic hydroxyl groups is 1. The van der Waals surface area contributed by atoms with Crippen LogP contribution in [0.5, 0.6) is 0 Å². The summed E-state index contributed by atoms with van der Waals surface area (Å²) >= 11 is 5.88. The third-order valence-corrected chi connectivity index (χ3v) is 5.42. The van der Waals surface area contributed by atoms with Crippen molar-refractivity contribution in [1.82, 2.24) is 13.7 Å². The van der Waals surface area contributed by atoms with Crippen LogP contribution in [-0.2, 0) is 19.6 Å². The molecule has 0 amide bonds. The van der Waals surface area contributed by atoms with Gasteiger partial charge in [0.15, 0.2) is 0 Å². The number of nitrogens with zero attached hydrogens (tertiary/aromatic N) is 3. The predicted octanol–water partition coefficient (Wildman–Crippen LogP) is 0.653. The highest BCUT2D eigenvalue weighted by Crippen LogP contribution is 2.20. The van der Waals surface area contributed by atoms with Crippen molar-refractivity contribution >= 4 is 24.4 Å². The van der Waals surface area contributed by atoms with Crippen LogP contribution in [0.4, 0.5) is 0 Å². The summed E-state index contributed by atoms with van der Waals surface area (Å²) in [6.07, 6.45) is 1.22. The van der Waals surface area contributed by atoms with E-state index in [2.05, 4.69) is 33.4 Å². The van der Waals surface area contributed by atoms with Crippen LogP contribution in [0, 0.1) is 5.41 Å². The molecule has 0 saturated carbocycles. The molecule has 1 aromatic heterocycles. The van der Waals surface area contributed by atoms with E-state index in [0.29, 0.717) is 18.6 Å². The molecule has 0 radical (unpaired) electrons. The molecule has 1 rings (SSSR count). The molecule has 0 saturated heterocycles. The van der Waals surface area contributed by atoms with Gasteiger partial charge in [0, 0.05) is 13.1 Å². The summed E-state index contributed by atoms with van der Waals surface area (Å²) in [5.74, 6) is 2.37. The molecular weight excluding hydrogens is 362 g/mol. The highest BCUT2D eigenvalue weighted by Gasteiger charge is 2.15. The van der Waals surface area contributed by atoms with Gasteiger partial charge in [-0.2, -0.15) is 24.4 Å². The van der Waals surface area contributed by atoms with Gasteiger partial charge in [-0.15, -0.1) is 0 Å². The quantitative estimate of drug-likeness (QED) is 0.452. The van der Waals surface area contributed by atoms with Gasteiger partial charge < -0.3 is 5.11 Å². The molecule has 1 N–H and O–H groups in total. The highest BCUT2D eigenvalue weighted by atomic mass is 32.2. The fourth-order valence-corrected chi connectivity index (χ4v) is 3.52. The lowest BCUT2D eigenvalue weighted by atomic mass is 10.0. The van der Waals surface area contributed by atoms with Gasteiger partial charge in [0.25, 0.3) is 0 Å². The maximum atomic E-state index is 12.5. The van der Waals surface area contributed by atoms with Crippen LogP contribution < -0.4 is 17.1 Å². The van der Waals surface area contributed by atoms with Crippen LogP contribution in [0.2, 0.25) is 0 Å². The van der Waals surface area contributed by atoms with E-state index in [-0.39, 0.29) is 31.7 Å². The second kappa shape index (κ2) is 10.3. The van der Waals surface area contributed by atoms with Crippen LogP contribution in [0.15, 0.2) is 14.4 Å². The van der Waals surface area contributed by atoms with Gasteiger partial charge in [0.1, 0.15) is 0 Å². The predicted molar refractivity (Wildman–Crippen MR) is 106 cm³/mol. The third kappa shape index (κ3) is 6.71. The van der Waals surface area contributed by atoms with Crippen molar-refractivity contribution in [1.29, 1.82) is 0 Å². The maximum absolute atomic E-state index is 12.5. The van der Waals surface area contributed by atoms with Crippen molar-refractivity contribution in [2.45, 2.75) is 53.2 Å². The first-order valence-corrected chi connectivity index (χ1v) is 10.3. The molecule has 0 atom stereocenters. The molecule has 25 heavy (non-hydrogen) atoms. The van der Waals surface area contributed by atoms with E-state index < -0.39 is 17.1 Å². The van der Waals surface area contributed by atoms with Crippen molar-refractivity contribution < 1.29 is 5.11 Å². The first-order valence-electron chi connectivity index (χ1n) is 8.47. The van der Waals surface area contributed by atoms with Gasteiger partial charge in [0.2, 0.25) is 0 Å². The highest BCUT2D eigenvalue weighted by molar-refractivity contribution is 7.99. The Hall–Kier alpha value is -0.930. The summed E-state index contributed by atoms with van der Waals surface area (Å²) < 4.78 is 3.10. The van der Waals surface area contributed by atoms with E-state index >= 15 is 0 Å². The standard InChI is InChI=1S/C16H29N3O4S2/c1-16(2,3)12-25-11-5-7-18-13(21)17(6-4-10-24)14(22)19(8-9-20)15(18)23/h20,24H,4-12H2,1-3H3. The molecule has 0 aliphatic heterocycles. The molecule has 0 fully saturated rings. The Morgan fingerprint density at radius 1 is 0.920 bits per heavy atom. The number of aliphatic hydroxyl groups excluding tert-OH is 1. The number of aromatic nitrogens is 3. The SMILES string of the molecule is CC(C)(C)CSCCCn1c(=O)n(CCO)c(=O)n(CCCS)c1=O. The summed E-state index contributed by atoms with van der Waals surface area (Å²) in [6, 6.07) is 0. The number of hydrogen-bond donors (Lipinski definition) is 2. The summed E-state index contributed by atoms with van der Waals surface area (Å²) in [5, 5.41) is 9.11. The second-order valence-corrected chi connectivity index (χ2v) is 8.62. The summed E-state index contributed by atoms with van der Waals surface area (Å²) in [4.78, 5) is 37.3. The average molecular weight is 392 g/mol. The van der Waals surface area contributed by atoms with Crippen LogP contribution in [0.1, 0.15) is 33.6 Å². The summed E-state index contributed by atoms with van der Waals surface area (Å²) in [6.45, 7) is 6.52. The number of thioether (sulfide) groups is 1. The Morgan fingerprint density at radius 2 is 1.40 bits per heavy atom. The second-order valence-electron chi connectivity index (χ2n) is 7.07. The first kappa shape index (κ1) is 22.1. The van der Waals surface area contributed by atoms with Crippen molar-refractivity contribution in [3.05, 3.63) is 31.5 Å². The van der Waals surface area contributed by atoms with E-state index in [1.807, 2.05) is 0 Å². The Bertz CT molecular complexity index is 716. The summed E-state index contributed by atoms with van der Waals surface area (Å²) in [5.41, 5.74) is -1.65. The van der Waals surface area contributed by atoms with E-state index in [1.54, 1.807) is 11.8 Å². The van der Waals surface area contributed by atoms with Gasteiger partial charge in [-0.25, -0.2) is 28.1 Å². The molecule has 0 aliphatic rings.